The highest BCUT2D eigenvalue weighted by atomic mass is 19.4. The number of likely N-dealkylation sites (N-methyl/N-ethyl adjacent to an activating group) is 2. The van der Waals surface area contributed by atoms with Crippen molar-refractivity contribution in [3.8, 4) is 11.4 Å². The molecule has 0 fully saturated rings. The summed E-state index contributed by atoms with van der Waals surface area (Å²) in [6.07, 6.45) is -6.18. The van der Waals surface area contributed by atoms with Crippen molar-refractivity contribution in [1.29, 1.82) is 0 Å². The minimum atomic E-state index is -4.75. The molecule has 0 aromatic carbocycles. The van der Waals surface area contributed by atoms with E-state index in [1.807, 2.05) is 19.0 Å². The first-order valence-electron chi connectivity index (χ1n) is 11.1. The monoisotopic (exact) mass is 537 g/mol. The third kappa shape index (κ3) is 6.04. The number of halogens is 6. The summed E-state index contributed by atoms with van der Waals surface area (Å²) in [7, 11) is 5.31. The van der Waals surface area contributed by atoms with E-state index in [0.717, 1.165) is 24.4 Å². The Balaban J connectivity index is 1.67. The Hall–Kier alpha value is -4.14. The normalized spacial score (nSPS) is 12.3. The number of fused-ring (bicyclic) bond motifs is 1. The summed E-state index contributed by atoms with van der Waals surface area (Å²) in [4.78, 5) is 19.7. The molecule has 0 bridgehead atoms. The first kappa shape index (κ1) is 26.9. The number of rotatable bonds is 7. The van der Waals surface area contributed by atoms with Crippen LogP contribution in [0.2, 0.25) is 0 Å². The zero-order valence-corrected chi connectivity index (χ0v) is 20.3. The van der Waals surface area contributed by atoms with Gasteiger partial charge in [0.25, 0.3) is 0 Å². The molecule has 9 nitrogen and oxygen atoms in total. The van der Waals surface area contributed by atoms with Gasteiger partial charge in [-0.25, -0.2) is 19.9 Å². The topological polar surface area (TPSA) is 95.8 Å². The second-order valence-electron chi connectivity index (χ2n) is 8.53. The molecule has 4 heterocycles. The molecule has 4 rings (SSSR count). The molecule has 0 unspecified atom stereocenters. The molecule has 38 heavy (non-hydrogen) atoms. The number of alkyl halides is 6. The van der Waals surface area contributed by atoms with Crippen LogP contribution in [0.3, 0.4) is 0 Å². The minimum absolute atomic E-state index is 0.0125. The third-order valence-corrected chi connectivity index (χ3v) is 5.40. The highest BCUT2D eigenvalue weighted by Gasteiger charge is 2.36. The molecule has 0 amide bonds. The number of pyridine rings is 2. The Morgan fingerprint density at radius 1 is 0.842 bits per heavy atom. The van der Waals surface area contributed by atoms with Crippen molar-refractivity contribution < 1.29 is 26.3 Å². The number of hydrogen-bond acceptors (Lipinski definition) is 9. The lowest BCUT2D eigenvalue weighted by Gasteiger charge is -2.21. The average molecular weight is 537 g/mol. The lowest BCUT2D eigenvalue weighted by Crippen LogP contribution is -2.29. The van der Waals surface area contributed by atoms with Crippen molar-refractivity contribution in [2.75, 3.05) is 44.4 Å². The van der Waals surface area contributed by atoms with Gasteiger partial charge < -0.3 is 15.1 Å². The van der Waals surface area contributed by atoms with Crippen LogP contribution in [0.15, 0.2) is 42.9 Å². The van der Waals surface area contributed by atoms with E-state index in [9.17, 15) is 26.3 Å². The summed E-state index contributed by atoms with van der Waals surface area (Å²) in [5.74, 6) is 0.140. The van der Waals surface area contributed by atoms with Crippen molar-refractivity contribution in [2.24, 2.45) is 0 Å². The first-order chi connectivity index (χ1) is 17.8. The molecule has 15 heteroatoms. The fourth-order valence-corrected chi connectivity index (χ4v) is 3.35. The van der Waals surface area contributed by atoms with Gasteiger partial charge in [0.15, 0.2) is 11.5 Å². The van der Waals surface area contributed by atoms with E-state index in [-0.39, 0.29) is 28.5 Å². The van der Waals surface area contributed by atoms with E-state index in [0.29, 0.717) is 25.0 Å². The summed E-state index contributed by atoms with van der Waals surface area (Å²) in [5.41, 5.74) is -2.21. The van der Waals surface area contributed by atoms with Crippen LogP contribution in [0.25, 0.3) is 22.6 Å². The van der Waals surface area contributed by atoms with Crippen molar-refractivity contribution in [1.82, 2.24) is 35.0 Å². The molecule has 200 valence electrons. The third-order valence-electron chi connectivity index (χ3n) is 5.40. The van der Waals surface area contributed by atoms with Gasteiger partial charge >= 0.3 is 12.4 Å². The van der Waals surface area contributed by atoms with Gasteiger partial charge in [-0.1, -0.05) is 0 Å². The molecule has 0 aliphatic heterocycles. The van der Waals surface area contributed by atoms with Crippen LogP contribution in [0.1, 0.15) is 11.1 Å². The fraction of sp³-hybridized carbons (Fsp3) is 0.304. The van der Waals surface area contributed by atoms with Crippen LogP contribution < -0.4 is 10.2 Å². The SMILES string of the molecule is CN(C)CCN(C)c1cc(C(F)(F)F)c(-c2cnc3c(Nc4ccc(C(F)(F)F)cn4)ccnc3n2)nn1. The molecular weight excluding hydrogens is 516 g/mol. The molecule has 1 N–H and O–H groups in total. The van der Waals surface area contributed by atoms with Gasteiger partial charge in [0, 0.05) is 32.5 Å². The van der Waals surface area contributed by atoms with Crippen molar-refractivity contribution in [2.45, 2.75) is 12.4 Å². The second kappa shape index (κ2) is 10.3. The zero-order chi connectivity index (χ0) is 27.7. The number of aromatic nitrogens is 6. The van der Waals surface area contributed by atoms with Gasteiger partial charge in [-0.3, -0.25) is 0 Å². The van der Waals surface area contributed by atoms with E-state index in [1.165, 1.54) is 12.3 Å². The number of hydrogen-bond donors (Lipinski definition) is 1. The van der Waals surface area contributed by atoms with Gasteiger partial charge in [-0.2, -0.15) is 26.3 Å². The zero-order valence-electron chi connectivity index (χ0n) is 20.3. The smallest absolute Gasteiger partial charge is 0.357 e. The van der Waals surface area contributed by atoms with Gasteiger partial charge in [0.2, 0.25) is 0 Å². The molecule has 4 aromatic rings. The molecule has 0 spiro atoms. The Morgan fingerprint density at radius 3 is 2.24 bits per heavy atom. The molecule has 0 saturated heterocycles. The van der Waals surface area contributed by atoms with Gasteiger partial charge in [0.05, 0.1) is 23.0 Å². The summed E-state index contributed by atoms with van der Waals surface area (Å²) in [5, 5.41) is 10.6. The number of nitrogens with zero attached hydrogens (tertiary/aromatic N) is 8. The maximum absolute atomic E-state index is 14.0. The van der Waals surface area contributed by atoms with Gasteiger partial charge in [0.1, 0.15) is 22.7 Å². The van der Waals surface area contributed by atoms with E-state index in [4.69, 9.17) is 0 Å². The van der Waals surface area contributed by atoms with Gasteiger partial charge in [-0.05, 0) is 38.4 Å². The molecular formula is C23H21F6N9. The Bertz CT molecular complexity index is 1420. The lowest BCUT2D eigenvalue weighted by molar-refractivity contribution is -0.138. The van der Waals surface area contributed by atoms with Crippen LogP contribution in [0.4, 0.5) is 43.7 Å². The molecule has 0 saturated carbocycles. The first-order valence-corrected chi connectivity index (χ1v) is 11.1. The maximum atomic E-state index is 14.0. The lowest BCUT2D eigenvalue weighted by atomic mass is 10.1. The van der Waals surface area contributed by atoms with Crippen LogP contribution in [-0.2, 0) is 12.4 Å². The Labute approximate surface area is 212 Å². The fourth-order valence-electron chi connectivity index (χ4n) is 3.35. The van der Waals surface area contributed by atoms with Gasteiger partial charge in [-0.15, -0.1) is 10.2 Å². The number of anilines is 3. The minimum Gasteiger partial charge on any atom is -0.357 e. The molecule has 0 radical (unpaired) electrons. The standard InChI is InChI=1S/C23H21F6N9/c1-37(2)8-9-38(3)18-10-14(23(27,28)29)19(36-35-18)16-12-32-20-15(6-7-30-21(20)34-16)33-17-5-4-13(11-31-17)22(24,25)26/h4-7,10-12H,8-9H2,1-3H3,(H,30,31,33,34). The van der Waals surface area contributed by atoms with Crippen LogP contribution in [-0.4, -0.2) is 69.3 Å². The summed E-state index contributed by atoms with van der Waals surface area (Å²) in [6.45, 7) is 1.03. The Kier molecular flexibility index (Phi) is 7.31. The van der Waals surface area contributed by atoms with E-state index >= 15 is 0 Å². The van der Waals surface area contributed by atoms with E-state index < -0.39 is 29.2 Å². The quantitative estimate of drug-likeness (QED) is 0.338. The molecule has 4 aromatic heterocycles. The predicted octanol–water partition coefficient (Wildman–Crippen LogP) is 4.66. The molecule has 0 atom stereocenters. The van der Waals surface area contributed by atoms with Crippen molar-refractivity contribution >= 4 is 28.5 Å². The average Bonchev–Trinajstić information content (AvgIpc) is 2.86. The molecule has 0 aliphatic carbocycles. The van der Waals surface area contributed by atoms with Crippen molar-refractivity contribution in [3.63, 3.8) is 0 Å². The van der Waals surface area contributed by atoms with E-state index in [1.54, 1.807) is 11.9 Å². The van der Waals surface area contributed by atoms with Crippen LogP contribution >= 0.6 is 0 Å². The second-order valence-corrected chi connectivity index (χ2v) is 8.53. The molecule has 0 aliphatic rings. The summed E-state index contributed by atoms with van der Waals surface area (Å²) >= 11 is 0. The summed E-state index contributed by atoms with van der Waals surface area (Å²) in [6, 6.07) is 4.39. The van der Waals surface area contributed by atoms with Crippen LogP contribution in [0, 0.1) is 0 Å². The maximum Gasteiger partial charge on any atom is 0.418 e. The summed E-state index contributed by atoms with van der Waals surface area (Å²) < 4.78 is 80.3. The van der Waals surface area contributed by atoms with Crippen LogP contribution in [0.5, 0.6) is 0 Å². The number of nitrogens with one attached hydrogen (secondary N) is 1. The highest BCUT2D eigenvalue weighted by molar-refractivity contribution is 5.87. The Morgan fingerprint density at radius 2 is 1.61 bits per heavy atom. The van der Waals surface area contributed by atoms with Crippen molar-refractivity contribution in [3.05, 3.63) is 54.0 Å². The largest absolute Gasteiger partial charge is 0.418 e. The highest BCUT2D eigenvalue weighted by Crippen LogP contribution is 2.37. The predicted molar refractivity (Wildman–Crippen MR) is 128 cm³/mol. The van der Waals surface area contributed by atoms with E-state index in [2.05, 4.69) is 35.5 Å².